The number of carbonyl (C=O) groups is 3. The van der Waals surface area contributed by atoms with Gasteiger partial charge in [0.2, 0.25) is 0 Å². The summed E-state index contributed by atoms with van der Waals surface area (Å²) >= 11 is 0. The Morgan fingerprint density at radius 3 is 2.39 bits per heavy atom. The largest absolute Gasteiger partial charge is 0.496 e. The summed E-state index contributed by atoms with van der Waals surface area (Å²) in [4.78, 5) is 39.1. The van der Waals surface area contributed by atoms with Crippen LogP contribution in [0.4, 0.5) is 17.1 Å². The Labute approximate surface area is 255 Å². The summed E-state index contributed by atoms with van der Waals surface area (Å²) in [6.45, 7) is 1.43. The van der Waals surface area contributed by atoms with Gasteiger partial charge in [0.05, 0.1) is 12.7 Å². The number of nitrogens with one attached hydrogen (secondary N) is 3. The number of ether oxygens (including phenoxy) is 3. The Morgan fingerprint density at radius 1 is 0.932 bits per heavy atom. The SMILES string of the molecule is CNc1ccc(OCc2cc(C3Nc4ccc(NC(=O)COC(C)=O)cc4C(=O)N3Cc3ccccc3)ccc2OC)cc1. The van der Waals surface area contributed by atoms with Crippen LogP contribution in [0.3, 0.4) is 0 Å². The number of nitrogens with zero attached hydrogens (tertiary/aromatic N) is 1. The molecule has 4 aromatic rings. The number of carbonyl (C=O) groups excluding carboxylic acids is 3. The maximum atomic E-state index is 14.1. The van der Waals surface area contributed by atoms with Crippen molar-refractivity contribution >= 4 is 34.8 Å². The normalized spacial score (nSPS) is 13.8. The van der Waals surface area contributed by atoms with Crippen LogP contribution < -0.4 is 25.4 Å². The summed E-state index contributed by atoms with van der Waals surface area (Å²) in [6.07, 6.45) is -0.501. The van der Waals surface area contributed by atoms with Crippen LogP contribution in [0.5, 0.6) is 11.5 Å². The number of esters is 1. The van der Waals surface area contributed by atoms with E-state index in [-0.39, 0.29) is 12.5 Å². The lowest BCUT2D eigenvalue weighted by molar-refractivity contribution is -0.144. The fourth-order valence-corrected chi connectivity index (χ4v) is 4.95. The molecular formula is C34H34N4O6. The minimum Gasteiger partial charge on any atom is -0.496 e. The first-order valence-electron chi connectivity index (χ1n) is 14.1. The van der Waals surface area contributed by atoms with Crippen LogP contribution in [0.15, 0.2) is 91.0 Å². The van der Waals surface area contributed by atoms with E-state index in [1.54, 1.807) is 30.2 Å². The van der Waals surface area contributed by atoms with Crippen molar-refractivity contribution in [2.75, 3.05) is 36.7 Å². The van der Waals surface area contributed by atoms with E-state index in [4.69, 9.17) is 14.2 Å². The van der Waals surface area contributed by atoms with E-state index in [1.807, 2.05) is 79.8 Å². The monoisotopic (exact) mass is 594 g/mol. The molecule has 1 heterocycles. The molecule has 0 aromatic heterocycles. The first-order valence-corrected chi connectivity index (χ1v) is 14.1. The third kappa shape index (κ3) is 7.09. The molecule has 5 rings (SSSR count). The maximum absolute atomic E-state index is 14.1. The number of benzene rings is 4. The highest BCUT2D eigenvalue weighted by atomic mass is 16.5. The second-order valence-electron chi connectivity index (χ2n) is 10.2. The molecule has 1 atom stereocenters. The number of anilines is 3. The smallest absolute Gasteiger partial charge is 0.303 e. The van der Waals surface area contributed by atoms with Crippen LogP contribution in [-0.4, -0.2) is 43.4 Å². The summed E-state index contributed by atoms with van der Waals surface area (Å²) < 4.78 is 16.5. The Hall–Kier alpha value is -5.51. The molecule has 4 aromatic carbocycles. The van der Waals surface area contributed by atoms with Gasteiger partial charge in [0.25, 0.3) is 11.8 Å². The van der Waals surface area contributed by atoms with Crippen molar-refractivity contribution in [3.8, 4) is 11.5 Å². The van der Waals surface area contributed by atoms with Crippen molar-refractivity contribution in [2.24, 2.45) is 0 Å². The molecule has 0 fully saturated rings. The highest BCUT2D eigenvalue weighted by Crippen LogP contribution is 2.37. The van der Waals surface area contributed by atoms with E-state index in [1.165, 1.54) is 6.92 Å². The molecule has 1 aliphatic rings. The third-order valence-electron chi connectivity index (χ3n) is 7.16. The van der Waals surface area contributed by atoms with Crippen LogP contribution in [-0.2, 0) is 27.5 Å². The fraction of sp³-hybridized carbons (Fsp3) is 0.206. The Balaban J connectivity index is 1.44. The highest BCUT2D eigenvalue weighted by Gasteiger charge is 2.34. The quantitative estimate of drug-likeness (QED) is 0.193. The lowest BCUT2D eigenvalue weighted by Crippen LogP contribution is -2.42. The molecule has 3 N–H and O–H groups in total. The van der Waals surface area contributed by atoms with Gasteiger partial charge in [-0.2, -0.15) is 0 Å². The van der Waals surface area contributed by atoms with Crippen LogP contribution in [0.2, 0.25) is 0 Å². The van der Waals surface area contributed by atoms with Crippen LogP contribution in [0, 0.1) is 0 Å². The van der Waals surface area contributed by atoms with Crippen molar-refractivity contribution in [2.45, 2.75) is 26.2 Å². The first-order chi connectivity index (χ1) is 21.3. The van der Waals surface area contributed by atoms with Gasteiger partial charge in [0, 0.05) is 43.1 Å². The average molecular weight is 595 g/mol. The van der Waals surface area contributed by atoms with Gasteiger partial charge in [-0.15, -0.1) is 0 Å². The summed E-state index contributed by atoms with van der Waals surface area (Å²) in [7, 11) is 3.48. The van der Waals surface area contributed by atoms with E-state index in [0.717, 1.165) is 28.1 Å². The van der Waals surface area contributed by atoms with Gasteiger partial charge in [-0.05, 0) is 65.7 Å². The van der Waals surface area contributed by atoms with Crippen molar-refractivity contribution < 1.29 is 28.6 Å². The Kier molecular flexibility index (Phi) is 9.29. The maximum Gasteiger partial charge on any atom is 0.303 e. The van der Waals surface area contributed by atoms with Crippen molar-refractivity contribution in [1.82, 2.24) is 4.90 Å². The van der Waals surface area contributed by atoms with E-state index < -0.39 is 24.6 Å². The molecule has 10 heteroatoms. The van der Waals surface area contributed by atoms with E-state index in [0.29, 0.717) is 29.2 Å². The van der Waals surface area contributed by atoms with Gasteiger partial charge in [0.15, 0.2) is 6.61 Å². The second kappa shape index (κ2) is 13.6. The summed E-state index contributed by atoms with van der Waals surface area (Å²) in [5.74, 6) is 0.136. The van der Waals surface area contributed by atoms with E-state index in [9.17, 15) is 14.4 Å². The molecule has 1 aliphatic heterocycles. The molecule has 0 aliphatic carbocycles. The van der Waals surface area contributed by atoms with Gasteiger partial charge < -0.3 is 35.1 Å². The Bertz CT molecular complexity index is 1640. The lowest BCUT2D eigenvalue weighted by Gasteiger charge is -2.38. The molecule has 0 saturated carbocycles. The highest BCUT2D eigenvalue weighted by molar-refractivity contribution is 6.04. The summed E-state index contributed by atoms with van der Waals surface area (Å²) in [5.41, 5.74) is 5.08. The van der Waals surface area contributed by atoms with Gasteiger partial charge in [0.1, 0.15) is 24.3 Å². The number of methoxy groups -OCH3 is 1. The summed E-state index contributed by atoms with van der Waals surface area (Å²) in [5, 5.41) is 9.30. The van der Waals surface area contributed by atoms with E-state index in [2.05, 4.69) is 16.0 Å². The molecule has 0 saturated heterocycles. The topological polar surface area (TPSA) is 118 Å². The molecule has 10 nitrogen and oxygen atoms in total. The zero-order chi connectivity index (χ0) is 31.1. The zero-order valence-corrected chi connectivity index (χ0v) is 24.8. The standard InChI is InChI=1S/C34H34N4O6/c1-22(39)43-21-32(40)36-27-12-15-30-29(18-27)34(41)38(19-23-7-5-4-6-8-23)33(37-30)24-9-16-31(42-3)25(17-24)20-44-28-13-10-26(35-2)11-14-28/h4-18,33,35,37H,19-21H2,1-3H3,(H,36,40). The van der Waals surface area contributed by atoms with Gasteiger partial charge in [-0.25, -0.2) is 0 Å². The Morgan fingerprint density at radius 2 is 1.68 bits per heavy atom. The van der Waals surface area contributed by atoms with Gasteiger partial charge in [-0.3, -0.25) is 14.4 Å². The molecule has 226 valence electrons. The van der Waals surface area contributed by atoms with Gasteiger partial charge in [-0.1, -0.05) is 36.4 Å². The molecular weight excluding hydrogens is 560 g/mol. The number of fused-ring (bicyclic) bond motifs is 1. The van der Waals surface area contributed by atoms with Gasteiger partial charge >= 0.3 is 5.97 Å². The third-order valence-corrected chi connectivity index (χ3v) is 7.16. The number of rotatable bonds is 11. The lowest BCUT2D eigenvalue weighted by atomic mass is 10.00. The minimum atomic E-state index is -0.552. The molecule has 0 bridgehead atoms. The first kappa shape index (κ1) is 30.0. The molecule has 1 unspecified atom stereocenters. The van der Waals surface area contributed by atoms with E-state index >= 15 is 0 Å². The average Bonchev–Trinajstić information content (AvgIpc) is 3.04. The predicted molar refractivity (Wildman–Crippen MR) is 168 cm³/mol. The van der Waals surface area contributed by atoms with Crippen molar-refractivity contribution in [3.63, 3.8) is 0 Å². The zero-order valence-electron chi connectivity index (χ0n) is 24.8. The van der Waals surface area contributed by atoms with Crippen molar-refractivity contribution in [3.05, 3.63) is 113 Å². The van der Waals surface area contributed by atoms with Crippen LogP contribution >= 0.6 is 0 Å². The van der Waals surface area contributed by atoms with Crippen LogP contribution in [0.1, 0.15) is 40.1 Å². The molecule has 2 amide bonds. The number of hydrogen-bond donors (Lipinski definition) is 3. The van der Waals surface area contributed by atoms with Crippen LogP contribution in [0.25, 0.3) is 0 Å². The summed E-state index contributed by atoms with van der Waals surface area (Å²) in [6, 6.07) is 28.3. The van der Waals surface area contributed by atoms with Crippen molar-refractivity contribution in [1.29, 1.82) is 0 Å². The number of hydrogen-bond acceptors (Lipinski definition) is 8. The fourth-order valence-electron chi connectivity index (χ4n) is 4.95. The molecule has 0 radical (unpaired) electrons. The number of amides is 2. The second-order valence-corrected chi connectivity index (χ2v) is 10.2. The minimum absolute atomic E-state index is 0.207. The molecule has 44 heavy (non-hydrogen) atoms. The molecule has 0 spiro atoms. The predicted octanol–water partition coefficient (Wildman–Crippen LogP) is 5.58.